The summed E-state index contributed by atoms with van der Waals surface area (Å²) < 4.78 is 27.3. The van der Waals surface area contributed by atoms with Crippen LogP contribution in [0.3, 0.4) is 0 Å². The lowest BCUT2D eigenvalue weighted by molar-refractivity contribution is -0.127. The van der Waals surface area contributed by atoms with E-state index in [4.69, 9.17) is 0 Å². The first-order valence-electron chi connectivity index (χ1n) is 11.4. The van der Waals surface area contributed by atoms with E-state index in [2.05, 4.69) is 17.4 Å². The van der Waals surface area contributed by atoms with E-state index in [-0.39, 0.29) is 23.6 Å². The highest BCUT2D eigenvalue weighted by Gasteiger charge is 2.33. The highest BCUT2D eigenvalue weighted by Crippen LogP contribution is 2.30. The van der Waals surface area contributed by atoms with Gasteiger partial charge in [-0.1, -0.05) is 54.6 Å². The zero-order valence-electron chi connectivity index (χ0n) is 18.0. The number of carbonyl (C=O) groups is 1. The number of nitrogens with one attached hydrogen (secondary N) is 1. The molecule has 4 rings (SSSR count). The molecule has 1 aliphatic heterocycles. The molecule has 2 aromatic rings. The number of fused-ring (bicyclic) bond motifs is 1. The van der Waals surface area contributed by atoms with Crippen LogP contribution in [0.4, 0.5) is 0 Å². The molecule has 0 aromatic heterocycles. The van der Waals surface area contributed by atoms with Gasteiger partial charge in [0.15, 0.2) is 0 Å². The van der Waals surface area contributed by atoms with E-state index in [0.29, 0.717) is 19.5 Å². The lowest BCUT2D eigenvalue weighted by Crippen LogP contribution is -2.47. The number of amides is 1. The van der Waals surface area contributed by atoms with Crippen LogP contribution in [-0.4, -0.2) is 37.5 Å². The molecule has 1 heterocycles. The molecular formula is C25H32N2O3S. The molecule has 5 nitrogen and oxygen atoms in total. The maximum atomic E-state index is 13.0. The summed E-state index contributed by atoms with van der Waals surface area (Å²) >= 11 is 0. The van der Waals surface area contributed by atoms with E-state index >= 15 is 0 Å². The first kappa shape index (κ1) is 22.0. The second kappa shape index (κ2) is 9.96. The van der Waals surface area contributed by atoms with E-state index < -0.39 is 10.0 Å². The van der Waals surface area contributed by atoms with Crippen molar-refractivity contribution in [3.05, 3.63) is 71.3 Å². The molecule has 0 bridgehead atoms. The van der Waals surface area contributed by atoms with Gasteiger partial charge < -0.3 is 5.32 Å². The minimum atomic E-state index is -3.35. The van der Waals surface area contributed by atoms with Crippen molar-refractivity contribution in [3.8, 4) is 0 Å². The van der Waals surface area contributed by atoms with Gasteiger partial charge >= 0.3 is 0 Å². The van der Waals surface area contributed by atoms with E-state index in [1.54, 1.807) is 4.31 Å². The van der Waals surface area contributed by atoms with Crippen LogP contribution in [0, 0.1) is 5.92 Å². The first-order valence-corrected chi connectivity index (χ1v) is 13.0. The molecule has 166 valence electrons. The quantitative estimate of drug-likeness (QED) is 0.711. The summed E-state index contributed by atoms with van der Waals surface area (Å²) in [5, 5.41) is 3.22. The first-order chi connectivity index (χ1) is 15.0. The van der Waals surface area contributed by atoms with Gasteiger partial charge in [-0.15, -0.1) is 0 Å². The SMILES string of the molecule is O=C(NC1CCCc2ccccc21)C1CCCN(S(=O)(=O)CCCc2ccccc2)C1. The van der Waals surface area contributed by atoms with Gasteiger partial charge in [0.25, 0.3) is 0 Å². The smallest absolute Gasteiger partial charge is 0.224 e. The third kappa shape index (κ3) is 5.55. The van der Waals surface area contributed by atoms with Crippen molar-refractivity contribution >= 4 is 15.9 Å². The van der Waals surface area contributed by atoms with Gasteiger partial charge in [0.05, 0.1) is 17.7 Å². The number of benzene rings is 2. The average molecular weight is 441 g/mol. The van der Waals surface area contributed by atoms with Gasteiger partial charge in [-0.25, -0.2) is 12.7 Å². The Kier molecular flexibility index (Phi) is 7.08. The second-order valence-corrected chi connectivity index (χ2v) is 10.8. The summed E-state index contributed by atoms with van der Waals surface area (Å²) in [5.74, 6) is -0.149. The Bertz CT molecular complexity index is 991. The summed E-state index contributed by atoms with van der Waals surface area (Å²) in [6.45, 7) is 0.817. The molecule has 31 heavy (non-hydrogen) atoms. The van der Waals surface area contributed by atoms with Gasteiger partial charge in [-0.2, -0.15) is 0 Å². The largest absolute Gasteiger partial charge is 0.349 e. The Morgan fingerprint density at radius 1 is 1.00 bits per heavy atom. The van der Waals surface area contributed by atoms with Gasteiger partial charge in [-0.05, 0) is 61.6 Å². The van der Waals surface area contributed by atoms with Crippen molar-refractivity contribution in [1.82, 2.24) is 9.62 Å². The number of piperidine rings is 1. The van der Waals surface area contributed by atoms with E-state index in [1.165, 1.54) is 11.1 Å². The number of rotatable bonds is 7. The summed E-state index contributed by atoms with van der Waals surface area (Å²) in [7, 11) is -3.35. The molecule has 2 aromatic carbocycles. The predicted octanol–water partition coefficient (Wildman–Crippen LogP) is 3.85. The van der Waals surface area contributed by atoms with Crippen LogP contribution in [0.25, 0.3) is 0 Å². The van der Waals surface area contributed by atoms with Crippen LogP contribution in [0.5, 0.6) is 0 Å². The van der Waals surface area contributed by atoms with Crippen molar-refractivity contribution in [2.75, 3.05) is 18.8 Å². The van der Waals surface area contributed by atoms with Crippen LogP contribution < -0.4 is 5.32 Å². The standard InChI is InChI=1S/C25H32N2O3S/c28-25(26-24-16-6-13-21-12-4-5-15-23(21)24)22-14-7-17-27(19-22)31(29,30)18-8-11-20-9-2-1-3-10-20/h1-5,9-10,12,15,22,24H,6-8,11,13-14,16-19H2,(H,26,28). The third-order valence-corrected chi connectivity index (χ3v) is 8.47. The maximum absolute atomic E-state index is 13.0. The van der Waals surface area contributed by atoms with Crippen LogP contribution in [0.15, 0.2) is 54.6 Å². The van der Waals surface area contributed by atoms with Crippen molar-refractivity contribution in [1.29, 1.82) is 0 Å². The van der Waals surface area contributed by atoms with Crippen LogP contribution >= 0.6 is 0 Å². The van der Waals surface area contributed by atoms with Crippen molar-refractivity contribution in [3.63, 3.8) is 0 Å². The minimum absolute atomic E-state index is 0.00844. The zero-order valence-corrected chi connectivity index (χ0v) is 18.8. The Morgan fingerprint density at radius 2 is 1.77 bits per heavy atom. The molecule has 6 heteroatoms. The fourth-order valence-electron chi connectivity index (χ4n) is 4.83. The Balaban J connectivity index is 1.33. The summed E-state index contributed by atoms with van der Waals surface area (Å²) in [5.41, 5.74) is 3.68. The Hall–Kier alpha value is -2.18. The monoisotopic (exact) mass is 440 g/mol. The molecule has 2 aliphatic rings. The molecule has 1 N–H and O–H groups in total. The zero-order chi connectivity index (χ0) is 21.7. The van der Waals surface area contributed by atoms with Gasteiger partial charge in [-0.3, -0.25) is 4.79 Å². The lowest BCUT2D eigenvalue weighted by Gasteiger charge is -2.33. The molecular weight excluding hydrogens is 408 g/mol. The molecule has 0 saturated carbocycles. The normalized spacial score (nSPS) is 21.9. The number of aryl methyl sites for hydroxylation is 2. The molecule has 2 unspecified atom stereocenters. The van der Waals surface area contributed by atoms with E-state index in [0.717, 1.165) is 44.1 Å². The van der Waals surface area contributed by atoms with E-state index in [9.17, 15) is 13.2 Å². The molecule has 0 spiro atoms. The summed E-state index contributed by atoms with van der Waals surface area (Å²) in [6, 6.07) is 18.3. The topological polar surface area (TPSA) is 66.5 Å². The lowest BCUT2D eigenvalue weighted by atomic mass is 9.87. The van der Waals surface area contributed by atoms with Crippen molar-refractivity contribution in [2.45, 2.75) is 51.0 Å². The van der Waals surface area contributed by atoms with Gasteiger partial charge in [0, 0.05) is 13.1 Å². The molecule has 0 radical (unpaired) electrons. The second-order valence-electron chi connectivity index (χ2n) is 8.75. The Morgan fingerprint density at radius 3 is 2.61 bits per heavy atom. The molecule has 1 fully saturated rings. The Labute approximate surface area is 185 Å². The minimum Gasteiger partial charge on any atom is -0.349 e. The van der Waals surface area contributed by atoms with Gasteiger partial charge in [0.2, 0.25) is 15.9 Å². The number of sulfonamides is 1. The third-order valence-electron chi connectivity index (χ3n) is 6.54. The highest BCUT2D eigenvalue weighted by molar-refractivity contribution is 7.89. The van der Waals surface area contributed by atoms with Crippen molar-refractivity contribution < 1.29 is 13.2 Å². The molecule has 2 atom stereocenters. The van der Waals surface area contributed by atoms with Crippen LogP contribution in [-0.2, 0) is 27.7 Å². The molecule has 1 saturated heterocycles. The fourth-order valence-corrected chi connectivity index (χ4v) is 6.42. The van der Waals surface area contributed by atoms with Gasteiger partial charge in [0.1, 0.15) is 0 Å². The average Bonchev–Trinajstić information content (AvgIpc) is 2.80. The number of nitrogens with zero attached hydrogens (tertiary/aromatic N) is 1. The molecule has 1 amide bonds. The molecule has 1 aliphatic carbocycles. The highest BCUT2D eigenvalue weighted by atomic mass is 32.2. The number of hydrogen-bond donors (Lipinski definition) is 1. The van der Waals surface area contributed by atoms with Crippen molar-refractivity contribution in [2.24, 2.45) is 5.92 Å². The van der Waals surface area contributed by atoms with E-state index in [1.807, 2.05) is 42.5 Å². The summed E-state index contributed by atoms with van der Waals surface area (Å²) in [4.78, 5) is 13.0. The number of carbonyl (C=O) groups excluding carboxylic acids is 1. The summed E-state index contributed by atoms with van der Waals surface area (Å²) in [6.07, 6.45) is 5.89. The van der Waals surface area contributed by atoms with Crippen LogP contribution in [0.2, 0.25) is 0 Å². The maximum Gasteiger partial charge on any atom is 0.224 e. The van der Waals surface area contributed by atoms with Crippen LogP contribution in [0.1, 0.15) is 54.8 Å². The fraction of sp³-hybridized carbons (Fsp3) is 0.480. The number of hydrogen-bond acceptors (Lipinski definition) is 3. The predicted molar refractivity (Wildman–Crippen MR) is 123 cm³/mol.